The molecule has 0 amide bonds. The van der Waals surface area contributed by atoms with Gasteiger partial charge in [0.15, 0.2) is 9.84 Å². The molecule has 1 unspecified atom stereocenters. The average Bonchev–Trinajstić information content (AvgIpc) is 2.47. The van der Waals surface area contributed by atoms with E-state index in [1.807, 2.05) is 4.90 Å². The molecule has 0 bridgehead atoms. The maximum Gasteiger partial charge on any atom is 0.171 e. The summed E-state index contributed by atoms with van der Waals surface area (Å²) in [4.78, 5) is 1.85. The molecular weight excluding hydrogens is 321 g/mol. The lowest BCUT2D eigenvalue weighted by Gasteiger charge is -2.37. The first kappa shape index (κ1) is 15.9. The number of nitrogens with zero attached hydrogens (tertiary/aromatic N) is 1. The van der Waals surface area contributed by atoms with Crippen LogP contribution in [-0.4, -0.2) is 37.6 Å². The number of alkyl halides is 1. The normalized spacial score (nSPS) is 20.1. The first-order valence-corrected chi connectivity index (χ1v) is 9.80. The second kappa shape index (κ2) is 6.54. The van der Waals surface area contributed by atoms with Crippen molar-refractivity contribution in [3.63, 3.8) is 0 Å². The third-order valence-corrected chi connectivity index (χ3v) is 6.97. The standard InChI is InChI=1S/C13H17ClFNO2S2/c1-2-20(17,18)13-9-19-6-5-16(13)12-4-3-11(15)7-10(12)8-14/h3-4,7,13H,2,5-6,8-9H2,1H3. The fourth-order valence-electron chi connectivity index (χ4n) is 2.29. The van der Waals surface area contributed by atoms with E-state index in [1.54, 1.807) is 24.8 Å². The largest absolute Gasteiger partial charge is 0.353 e. The topological polar surface area (TPSA) is 37.4 Å². The van der Waals surface area contributed by atoms with Crippen molar-refractivity contribution in [2.75, 3.05) is 28.7 Å². The lowest BCUT2D eigenvalue weighted by molar-refractivity contribution is 0.579. The van der Waals surface area contributed by atoms with Crippen LogP contribution in [0.5, 0.6) is 0 Å². The van der Waals surface area contributed by atoms with Gasteiger partial charge in [-0.25, -0.2) is 12.8 Å². The Morgan fingerprint density at radius 3 is 2.90 bits per heavy atom. The van der Waals surface area contributed by atoms with E-state index in [9.17, 15) is 12.8 Å². The predicted molar refractivity (Wildman–Crippen MR) is 83.9 cm³/mol. The van der Waals surface area contributed by atoms with Crippen LogP contribution in [0.4, 0.5) is 10.1 Å². The highest BCUT2D eigenvalue weighted by Crippen LogP contribution is 2.31. The fourth-order valence-corrected chi connectivity index (χ4v) is 5.49. The number of rotatable bonds is 4. The lowest BCUT2D eigenvalue weighted by Crippen LogP contribution is -2.48. The van der Waals surface area contributed by atoms with Crippen molar-refractivity contribution in [3.05, 3.63) is 29.6 Å². The second-order valence-corrected chi connectivity index (χ2v) is 8.45. The molecule has 1 fully saturated rings. The van der Waals surface area contributed by atoms with Gasteiger partial charge in [0.05, 0.1) is 0 Å². The molecule has 1 atom stereocenters. The minimum atomic E-state index is -3.19. The summed E-state index contributed by atoms with van der Waals surface area (Å²) in [5.41, 5.74) is 1.36. The number of benzene rings is 1. The first-order valence-electron chi connectivity index (χ1n) is 6.40. The van der Waals surface area contributed by atoms with E-state index in [-0.39, 0.29) is 17.5 Å². The van der Waals surface area contributed by atoms with Crippen molar-refractivity contribution >= 4 is 38.9 Å². The summed E-state index contributed by atoms with van der Waals surface area (Å²) in [5, 5.41) is -0.557. The van der Waals surface area contributed by atoms with Gasteiger partial charge in [0.1, 0.15) is 11.2 Å². The molecular formula is C13H17ClFNO2S2. The van der Waals surface area contributed by atoms with Crippen LogP contribution in [0.25, 0.3) is 0 Å². The van der Waals surface area contributed by atoms with Crippen molar-refractivity contribution < 1.29 is 12.8 Å². The minimum absolute atomic E-state index is 0.103. The SMILES string of the molecule is CCS(=O)(=O)C1CSCCN1c1ccc(F)cc1CCl. The van der Waals surface area contributed by atoms with Gasteiger partial charge in [0.2, 0.25) is 0 Å². The first-order chi connectivity index (χ1) is 9.49. The van der Waals surface area contributed by atoms with Crippen molar-refractivity contribution in [2.24, 2.45) is 0 Å². The molecule has 2 rings (SSSR count). The second-order valence-electron chi connectivity index (χ2n) is 4.58. The Balaban J connectivity index is 2.43. The van der Waals surface area contributed by atoms with Crippen LogP contribution in [0.1, 0.15) is 12.5 Å². The van der Waals surface area contributed by atoms with Crippen molar-refractivity contribution in [1.29, 1.82) is 0 Å². The molecule has 0 N–H and O–H groups in total. The fraction of sp³-hybridized carbons (Fsp3) is 0.538. The van der Waals surface area contributed by atoms with Crippen LogP contribution >= 0.6 is 23.4 Å². The van der Waals surface area contributed by atoms with Crippen LogP contribution in [0.3, 0.4) is 0 Å². The van der Waals surface area contributed by atoms with Gasteiger partial charge in [0, 0.05) is 35.4 Å². The van der Waals surface area contributed by atoms with Gasteiger partial charge < -0.3 is 4.90 Å². The molecule has 0 saturated carbocycles. The smallest absolute Gasteiger partial charge is 0.171 e. The van der Waals surface area contributed by atoms with Gasteiger partial charge in [-0.2, -0.15) is 11.8 Å². The zero-order valence-electron chi connectivity index (χ0n) is 11.2. The zero-order chi connectivity index (χ0) is 14.8. The number of hydrogen-bond acceptors (Lipinski definition) is 4. The Kier molecular flexibility index (Phi) is 5.20. The van der Waals surface area contributed by atoms with E-state index < -0.39 is 15.2 Å². The Morgan fingerprint density at radius 2 is 2.25 bits per heavy atom. The monoisotopic (exact) mass is 337 g/mol. The molecule has 0 spiro atoms. The summed E-state index contributed by atoms with van der Waals surface area (Å²) in [7, 11) is -3.19. The molecule has 1 heterocycles. The van der Waals surface area contributed by atoms with Crippen LogP contribution in [0.15, 0.2) is 18.2 Å². The highest BCUT2D eigenvalue weighted by Gasteiger charge is 2.33. The maximum absolute atomic E-state index is 13.3. The van der Waals surface area contributed by atoms with Gasteiger partial charge in [-0.05, 0) is 23.8 Å². The molecule has 1 aromatic rings. The lowest BCUT2D eigenvalue weighted by atomic mass is 10.1. The van der Waals surface area contributed by atoms with Crippen molar-refractivity contribution in [1.82, 2.24) is 0 Å². The zero-order valence-corrected chi connectivity index (χ0v) is 13.6. The number of anilines is 1. The Bertz CT molecular complexity index is 580. The summed E-state index contributed by atoms with van der Waals surface area (Å²) in [6.45, 7) is 2.28. The van der Waals surface area contributed by atoms with E-state index in [4.69, 9.17) is 11.6 Å². The molecule has 0 aliphatic carbocycles. The average molecular weight is 338 g/mol. The van der Waals surface area contributed by atoms with Gasteiger partial charge in [-0.3, -0.25) is 0 Å². The Labute approximate surface area is 128 Å². The number of hydrogen-bond donors (Lipinski definition) is 0. The highest BCUT2D eigenvalue weighted by atomic mass is 35.5. The maximum atomic E-state index is 13.3. The van der Waals surface area contributed by atoms with Crippen molar-refractivity contribution in [3.8, 4) is 0 Å². The van der Waals surface area contributed by atoms with Crippen LogP contribution < -0.4 is 4.90 Å². The Morgan fingerprint density at radius 1 is 1.50 bits per heavy atom. The molecule has 112 valence electrons. The van der Waals surface area contributed by atoms with E-state index >= 15 is 0 Å². The third kappa shape index (κ3) is 3.23. The van der Waals surface area contributed by atoms with E-state index in [2.05, 4.69) is 0 Å². The molecule has 0 radical (unpaired) electrons. The predicted octanol–water partition coefficient (Wildman–Crippen LogP) is 2.88. The van der Waals surface area contributed by atoms with Gasteiger partial charge in [-0.15, -0.1) is 11.6 Å². The van der Waals surface area contributed by atoms with Gasteiger partial charge in [0.25, 0.3) is 0 Å². The Hall–Kier alpha value is -0.460. The molecule has 7 heteroatoms. The number of sulfone groups is 1. The summed E-state index contributed by atoms with van der Waals surface area (Å²) in [6.07, 6.45) is 0. The molecule has 3 nitrogen and oxygen atoms in total. The molecule has 1 aliphatic rings. The molecule has 1 saturated heterocycles. The summed E-state index contributed by atoms with van der Waals surface area (Å²) in [6, 6.07) is 4.35. The molecule has 20 heavy (non-hydrogen) atoms. The van der Waals surface area contributed by atoms with Gasteiger partial charge >= 0.3 is 0 Å². The van der Waals surface area contributed by atoms with E-state index in [0.29, 0.717) is 17.9 Å². The van der Waals surface area contributed by atoms with Crippen molar-refractivity contribution in [2.45, 2.75) is 18.2 Å². The third-order valence-electron chi connectivity index (χ3n) is 3.40. The minimum Gasteiger partial charge on any atom is -0.353 e. The number of thioether (sulfide) groups is 1. The summed E-state index contributed by atoms with van der Waals surface area (Å²) < 4.78 is 37.8. The molecule has 0 aromatic heterocycles. The number of halogens is 2. The summed E-state index contributed by atoms with van der Waals surface area (Å²) >= 11 is 7.50. The molecule has 1 aliphatic heterocycles. The summed E-state index contributed by atoms with van der Waals surface area (Å²) in [5.74, 6) is 1.30. The van der Waals surface area contributed by atoms with Gasteiger partial charge in [-0.1, -0.05) is 6.92 Å². The molecule has 1 aromatic carbocycles. The highest BCUT2D eigenvalue weighted by molar-refractivity contribution is 8.01. The van der Waals surface area contributed by atoms with Crippen LogP contribution in [0, 0.1) is 5.82 Å². The van der Waals surface area contributed by atoms with Crippen LogP contribution in [0.2, 0.25) is 0 Å². The quantitative estimate of drug-likeness (QED) is 0.792. The van der Waals surface area contributed by atoms with Crippen LogP contribution in [-0.2, 0) is 15.7 Å². The van der Waals surface area contributed by atoms with E-state index in [0.717, 1.165) is 11.4 Å². The van der Waals surface area contributed by atoms with E-state index in [1.165, 1.54) is 12.1 Å².